The number of hydrogen-bond acceptors (Lipinski definition) is 4. The molecule has 1 aliphatic carbocycles. The molecule has 0 heterocycles. The van der Waals surface area contributed by atoms with Gasteiger partial charge >= 0.3 is 0 Å². The SMILES string of the molecule is COc1ccc(CN(C(=O)/C=C/c2cccc(OC)c2OC)C2CC2)cc1. The topological polar surface area (TPSA) is 48.0 Å². The summed E-state index contributed by atoms with van der Waals surface area (Å²) < 4.78 is 15.9. The Morgan fingerprint density at radius 2 is 1.78 bits per heavy atom. The first-order chi connectivity index (χ1) is 13.2. The number of hydrogen-bond donors (Lipinski definition) is 0. The number of nitrogens with zero attached hydrogens (tertiary/aromatic N) is 1. The van der Waals surface area contributed by atoms with Crippen LogP contribution >= 0.6 is 0 Å². The van der Waals surface area contributed by atoms with E-state index in [0.29, 0.717) is 24.1 Å². The van der Waals surface area contributed by atoms with E-state index in [-0.39, 0.29) is 5.91 Å². The Kier molecular flexibility index (Phi) is 6.01. The van der Waals surface area contributed by atoms with Gasteiger partial charge in [-0.05, 0) is 42.7 Å². The summed E-state index contributed by atoms with van der Waals surface area (Å²) in [5.41, 5.74) is 1.90. The van der Waals surface area contributed by atoms with Crippen molar-refractivity contribution in [3.63, 3.8) is 0 Å². The van der Waals surface area contributed by atoms with Gasteiger partial charge in [-0.1, -0.05) is 24.3 Å². The Balaban J connectivity index is 1.75. The minimum atomic E-state index is -0.00167. The third-order valence-corrected chi connectivity index (χ3v) is 4.62. The Morgan fingerprint density at radius 1 is 1.04 bits per heavy atom. The first-order valence-electron chi connectivity index (χ1n) is 8.99. The van der Waals surface area contributed by atoms with Crippen LogP contribution in [0.15, 0.2) is 48.5 Å². The number of carbonyl (C=O) groups excluding carboxylic acids is 1. The molecule has 2 aromatic carbocycles. The molecule has 27 heavy (non-hydrogen) atoms. The lowest BCUT2D eigenvalue weighted by molar-refractivity contribution is -0.127. The average molecular weight is 367 g/mol. The van der Waals surface area contributed by atoms with E-state index in [1.54, 1.807) is 33.5 Å². The van der Waals surface area contributed by atoms with Gasteiger partial charge in [0.25, 0.3) is 0 Å². The zero-order valence-corrected chi connectivity index (χ0v) is 16.0. The second-order valence-electron chi connectivity index (χ2n) is 6.46. The van der Waals surface area contributed by atoms with E-state index in [1.807, 2.05) is 47.4 Å². The van der Waals surface area contributed by atoms with Gasteiger partial charge in [0.2, 0.25) is 5.91 Å². The van der Waals surface area contributed by atoms with Crippen molar-refractivity contribution in [3.8, 4) is 17.2 Å². The smallest absolute Gasteiger partial charge is 0.247 e. The summed E-state index contributed by atoms with van der Waals surface area (Å²) in [5, 5.41) is 0. The molecule has 1 saturated carbocycles. The first-order valence-corrected chi connectivity index (χ1v) is 8.99. The summed E-state index contributed by atoms with van der Waals surface area (Å²) in [6.45, 7) is 0.590. The zero-order valence-electron chi connectivity index (χ0n) is 16.0. The highest BCUT2D eigenvalue weighted by molar-refractivity contribution is 5.92. The van der Waals surface area contributed by atoms with E-state index in [9.17, 15) is 4.79 Å². The van der Waals surface area contributed by atoms with E-state index in [0.717, 1.165) is 29.7 Å². The van der Waals surface area contributed by atoms with Gasteiger partial charge < -0.3 is 19.1 Å². The third-order valence-electron chi connectivity index (χ3n) is 4.62. The molecular weight excluding hydrogens is 342 g/mol. The molecule has 5 heteroatoms. The average Bonchev–Trinajstić information content (AvgIpc) is 3.55. The molecule has 0 atom stereocenters. The van der Waals surface area contributed by atoms with Gasteiger partial charge in [-0.15, -0.1) is 0 Å². The molecule has 0 N–H and O–H groups in total. The summed E-state index contributed by atoms with van der Waals surface area (Å²) in [6.07, 6.45) is 5.50. The first kappa shape index (κ1) is 18.8. The van der Waals surface area contributed by atoms with E-state index in [4.69, 9.17) is 14.2 Å². The number of rotatable bonds is 8. The summed E-state index contributed by atoms with van der Waals surface area (Å²) in [6, 6.07) is 13.8. The normalized spacial score (nSPS) is 13.4. The van der Waals surface area contributed by atoms with Gasteiger partial charge in [0.15, 0.2) is 11.5 Å². The van der Waals surface area contributed by atoms with Gasteiger partial charge in [-0.25, -0.2) is 0 Å². The van der Waals surface area contributed by atoms with Crippen LogP contribution in [0.5, 0.6) is 17.2 Å². The fraction of sp³-hybridized carbons (Fsp3) is 0.318. The molecule has 142 valence electrons. The molecule has 1 aliphatic rings. The Morgan fingerprint density at radius 3 is 2.37 bits per heavy atom. The molecule has 1 fully saturated rings. The van der Waals surface area contributed by atoms with Crippen molar-refractivity contribution >= 4 is 12.0 Å². The molecule has 0 bridgehead atoms. The maximum Gasteiger partial charge on any atom is 0.247 e. The number of benzene rings is 2. The van der Waals surface area contributed by atoms with Crippen LogP contribution in [0, 0.1) is 0 Å². The molecule has 0 unspecified atom stereocenters. The lowest BCUT2D eigenvalue weighted by atomic mass is 10.1. The standard InChI is InChI=1S/C22H25NO4/c1-25-19-12-7-16(8-13-19)15-23(18-10-11-18)21(24)14-9-17-5-4-6-20(26-2)22(17)27-3/h4-9,12-14,18H,10-11,15H2,1-3H3/b14-9+. The van der Waals surface area contributed by atoms with E-state index < -0.39 is 0 Å². The highest BCUT2D eigenvalue weighted by Crippen LogP contribution is 2.32. The van der Waals surface area contributed by atoms with Crippen LogP contribution in [0.25, 0.3) is 6.08 Å². The second kappa shape index (κ2) is 8.62. The van der Waals surface area contributed by atoms with Gasteiger partial charge in [-0.3, -0.25) is 4.79 Å². The number of methoxy groups -OCH3 is 3. The monoisotopic (exact) mass is 367 g/mol. The maximum absolute atomic E-state index is 12.8. The van der Waals surface area contributed by atoms with Crippen molar-refractivity contribution in [2.45, 2.75) is 25.4 Å². The van der Waals surface area contributed by atoms with Crippen LogP contribution < -0.4 is 14.2 Å². The lowest BCUT2D eigenvalue weighted by Gasteiger charge is -2.21. The van der Waals surface area contributed by atoms with Gasteiger partial charge in [-0.2, -0.15) is 0 Å². The Bertz CT molecular complexity index is 810. The van der Waals surface area contributed by atoms with E-state index in [2.05, 4.69) is 0 Å². The molecule has 0 saturated heterocycles. The van der Waals surface area contributed by atoms with Crippen LogP contribution in [-0.4, -0.2) is 38.2 Å². The lowest BCUT2D eigenvalue weighted by Crippen LogP contribution is -2.31. The van der Waals surface area contributed by atoms with Crippen molar-refractivity contribution in [1.29, 1.82) is 0 Å². The van der Waals surface area contributed by atoms with Crippen LogP contribution in [0.4, 0.5) is 0 Å². The van der Waals surface area contributed by atoms with Crippen molar-refractivity contribution in [2.24, 2.45) is 0 Å². The number of para-hydroxylation sites is 1. The molecule has 2 aromatic rings. The summed E-state index contributed by atoms with van der Waals surface area (Å²) in [5.74, 6) is 2.08. The molecule has 5 nitrogen and oxygen atoms in total. The van der Waals surface area contributed by atoms with Gasteiger partial charge in [0.1, 0.15) is 5.75 Å². The van der Waals surface area contributed by atoms with Gasteiger partial charge in [0, 0.05) is 24.2 Å². The van der Waals surface area contributed by atoms with Gasteiger partial charge in [0.05, 0.1) is 21.3 Å². The Labute approximate surface area is 160 Å². The highest BCUT2D eigenvalue weighted by atomic mass is 16.5. The van der Waals surface area contributed by atoms with Crippen molar-refractivity contribution < 1.29 is 19.0 Å². The summed E-state index contributed by atoms with van der Waals surface area (Å²) >= 11 is 0. The van der Waals surface area contributed by atoms with Crippen molar-refractivity contribution in [1.82, 2.24) is 4.90 Å². The molecule has 0 aliphatic heterocycles. The molecular formula is C22H25NO4. The predicted molar refractivity (Wildman–Crippen MR) is 105 cm³/mol. The zero-order chi connectivity index (χ0) is 19.2. The molecule has 0 radical (unpaired) electrons. The highest BCUT2D eigenvalue weighted by Gasteiger charge is 2.31. The van der Waals surface area contributed by atoms with Crippen LogP contribution in [0.1, 0.15) is 24.0 Å². The van der Waals surface area contributed by atoms with Crippen LogP contribution in [-0.2, 0) is 11.3 Å². The number of amides is 1. The maximum atomic E-state index is 12.8. The predicted octanol–water partition coefficient (Wildman–Crippen LogP) is 3.92. The fourth-order valence-corrected chi connectivity index (χ4v) is 3.00. The summed E-state index contributed by atoms with van der Waals surface area (Å²) in [7, 11) is 4.84. The largest absolute Gasteiger partial charge is 0.497 e. The third kappa shape index (κ3) is 4.61. The van der Waals surface area contributed by atoms with E-state index >= 15 is 0 Å². The van der Waals surface area contributed by atoms with Crippen molar-refractivity contribution in [2.75, 3.05) is 21.3 Å². The summed E-state index contributed by atoms with van der Waals surface area (Å²) in [4.78, 5) is 14.7. The number of ether oxygens (including phenoxy) is 3. The Hall–Kier alpha value is -2.95. The molecule has 0 aromatic heterocycles. The minimum Gasteiger partial charge on any atom is -0.497 e. The molecule has 3 rings (SSSR count). The van der Waals surface area contributed by atoms with Crippen molar-refractivity contribution in [3.05, 3.63) is 59.7 Å². The van der Waals surface area contributed by atoms with Crippen LogP contribution in [0.2, 0.25) is 0 Å². The molecule has 0 spiro atoms. The number of carbonyl (C=O) groups is 1. The molecule has 1 amide bonds. The second-order valence-corrected chi connectivity index (χ2v) is 6.46. The van der Waals surface area contributed by atoms with E-state index in [1.165, 1.54) is 0 Å². The minimum absolute atomic E-state index is 0.00167. The fourth-order valence-electron chi connectivity index (χ4n) is 3.00. The quantitative estimate of drug-likeness (QED) is 0.664. The van der Waals surface area contributed by atoms with Crippen LogP contribution in [0.3, 0.4) is 0 Å².